The van der Waals surface area contributed by atoms with E-state index in [9.17, 15) is 0 Å². The fourth-order valence-corrected chi connectivity index (χ4v) is 0.860. The van der Waals surface area contributed by atoms with Crippen molar-refractivity contribution in [3.63, 3.8) is 0 Å². The van der Waals surface area contributed by atoms with Crippen LogP contribution in [0.2, 0.25) is 0 Å². The maximum Gasteiger partial charge on any atom is 0.0650 e. The molecule has 0 spiro atoms. The van der Waals surface area contributed by atoms with Gasteiger partial charge in [0, 0.05) is 13.2 Å². The van der Waals surface area contributed by atoms with E-state index >= 15 is 0 Å². The van der Waals surface area contributed by atoms with Gasteiger partial charge in [0.1, 0.15) is 0 Å². The van der Waals surface area contributed by atoms with Crippen LogP contribution >= 0.6 is 0 Å². The Labute approximate surface area is 87.6 Å². The average Bonchev–Trinajstić information content (AvgIpc) is 2.21. The zero-order valence-electron chi connectivity index (χ0n) is 9.37. The summed E-state index contributed by atoms with van der Waals surface area (Å²) in [5, 5.41) is 0. The molecule has 2 nitrogen and oxygen atoms in total. The highest BCUT2D eigenvalue weighted by Gasteiger charge is 1.79. The number of ether oxygens (including phenoxy) is 2. The largest absolute Gasteiger partial charge is 0.377 e. The van der Waals surface area contributed by atoms with Gasteiger partial charge in [-0.1, -0.05) is 38.2 Å². The molecule has 0 fully saturated rings. The van der Waals surface area contributed by atoms with Gasteiger partial charge >= 0.3 is 0 Å². The van der Waals surface area contributed by atoms with Crippen molar-refractivity contribution in [3.05, 3.63) is 24.3 Å². The lowest BCUT2D eigenvalue weighted by Crippen LogP contribution is -1.91. The standard InChI is InChI=1S/C12H22O2/c1-3-9-13-11-7-5-6-8-12-14-10-4-2/h5-8H,3-4,9-12H2,1-2H3/b7-5+,8-6+. The van der Waals surface area contributed by atoms with E-state index in [0.29, 0.717) is 13.2 Å². The van der Waals surface area contributed by atoms with Gasteiger partial charge in [0.2, 0.25) is 0 Å². The molecule has 0 unspecified atom stereocenters. The third-order valence-corrected chi connectivity index (χ3v) is 1.51. The van der Waals surface area contributed by atoms with E-state index in [2.05, 4.69) is 13.8 Å². The van der Waals surface area contributed by atoms with Gasteiger partial charge in [-0.2, -0.15) is 0 Å². The summed E-state index contributed by atoms with van der Waals surface area (Å²) in [5.41, 5.74) is 0. The fourth-order valence-electron chi connectivity index (χ4n) is 0.860. The molecular weight excluding hydrogens is 176 g/mol. The molecule has 0 N–H and O–H groups in total. The lowest BCUT2D eigenvalue weighted by Gasteiger charge is -1.95. The molecule has 0 radical (unpaired) electrons. The van der Waals surface area contributed by atoms with Gasteiger partial charge in [-0.05, 0) is 12.8 Å². The van der Waals surface area contributed by atoms with Crippen LogP contribution < -0.4 is 0 Å². The van der Waals surface area contributed by atoms with Crippen LogP contribution in [0, 0.1) is 0 Å². The minimum absolute atomic E-state index is 0.702. The summed E-state index contributed by atoms with van der Waals surface area (Å²) in [7, 11) is 0. The SMILES string of the molecule is CCCOC/C=C/C=C/COCCC. The molecular formula is C12H22O2. The number of rotatable bonds is 9. The van der Waals surface area contributed by atoms with Crippen LogP contribution in [0.25, 0.3) is 0 Å². The van der Waals surface area contributed by atoms with Gasteiger partial charge < -0.3 is 9.47 Å². The molecule has 2 heteroatoms. The molecule has 0 saturated carbocycles. The maximum absolute atomic E-state index is 5.28. The van der Waals surface area contributed by atoms with Gasteiger partial charge in [0.05, 0.1) is 13.2 Å². The Bertz CT molecular complexity index is 132. The topological polar surface area (TPSA) is 18.5 Å². The number of allylic oxidation sites excluding steroid dienone is 2. The first-order valence-electron chi connectivity index (χ1n) is 5.39. The van der Waals surface area contributed by atoms with Crippen molar-refractivity contribution >= 4 is 0 Å². The van der Waals surface area contributed by atoms with Crippen LogP contribution in [-0.4, -0.2) is 26.4 Å². The smallest absolute Gasteiger partial charge is 0.0650 e. The molecule has 0 amide bonds. The van der Waals surface area contributed by atoms with Crippen molar-refractivity contribution in [2.24, 2.45) is 0 Å². The normalized spacial score (nSPS) is 11.9. The molecule has 0 aliphatic rings. The first-order chi connectivity index (χ1) is 6.91. The Morgan fingerprint density at radius 1 is 0.786 bits per heavy atom. The lowest BCUT2D eigenvalue weighted by atomic mass is 10.4. The summed E-state index contributed by atoms with van der Waals surface area (Å²) >= 11 is 0. The molecule has 82 valence electrons. The second-order valence-corrected chi connectivity index (χ2v) is 3.01. The summed E-state index contributed by atoms with van der Waals surface area (Å²) in [6.45, 7) is 7.30. The Balaban J connectivity index is 3.15. The summed E-state index contributed by atoms with van der Waals surface area (Å²) < 4.78 is 10.6. The molecule has 0 bridgehead atoms. The molecule has 0 rings (SSSR count). The molecule has 0 saturated heterocycles. The molecule has 14 heavy (non-hydrogen) atoms. The van der Waals surface area contributed by atoms with Crippen LogP contribution in [-0.2, 0) is 9.47 Å². The van der Waals surface area contributed by atoms with Gasteiger partial charge in [0.15, 0.2) is 0 Å². The third-order valence-electron chi connectivity index (χ3n) is 1.51. The monoisotopic (exact) mass is 198 g/mol. The van der Waals surface area contributed by atoms with Crippen LogP contribution in [0.3, 0.4) is 0 Å². The lowest BCUT2D eigenvalue weighted by molar-refractivity contribution is 0.162. The van der Waals surface area contributed by atoms with Crippen LogP contribution in [0.1, 0.15) is 26.7 Å². The van der Waals surface area contributed by atoms with E-state index in [4.69, 9.17) is 9.47 Å². The summed E-state index contributed by atoms with van der Waals surface area (Å²) in [6.07, 6.45) is 10.1. The highest BCUT2D eigenvalue weighted by atomic mass is 16.5. The van der Waals surface area contributed by atoms with E-state index in [1.54, 1.807) is 0 Å². The molecule has 0 aromatic rings. The molecule has 0 aliphatic carbocycles. The zero-order chi connectivity index (χ0) is 10.5. The predicted octanol–water partition coefficient (Wildman–Crippen LogP) is 2.95. The zero-order valence-corrected chi connectivity index (χ0v) is 9.37. The van der Waals surface area contributed by atoms with Crippen molar-refractivity contribution in [1.82, 2.24) is 0 Å². The minimum Gasteiger partial charge on any atom is -0.377 e. The number of hydrogen-bond acceptors (Lipinski definition) is 2. The molecule has 0 aromatic carbocycles. The van der Waals surface area contributed by atoms with Gasteiger partial charge in [-0.15, -0.1) is 0 Å². The fraction of sp³-hybridized carbons (Fsp3) is 0.667. The molecule has 0 aromatic heterocycles. The van der Waals surface area contributed by atoms with Crippen molar-refractivity contribution in [2.45, 2.75) is 26.7 Å². The third kappa shape index (κ3) is 11.4. The van der Waals surface area contributed by atoms with E-state index in [0.717, 1.165) is 26.1 Å². The maximum atomic E-state index is 5.28. The van der Waals surface area contributed by atoms with Crippen molar-refractivity contribution in [2.75, 3.05) is 26.4 Å². The van der Waals surface area contributed by atoms with Crippen LogP contribution in [0.4, 0.5) is 0 Å². The predicted molar refractivity (Wildman–Crippen MR) is 60.5 cm³/mol. The molecule has 0 heterocycles. The van der Waals surface area contributed by atoms with Gasteiger partial charge in [0.25, 0.3) is 0 Å². The highest BCUT2D eigenvalue weighted by molar-refractivity contribution is 5.02. The summed E-state index contributed by atoms with van der Waals surface area (Å²) in [4.78, 5) is 0. The Morgan fingerprint density at radius 2 is 1.21 bits per heavy atom. The first-order valence-corrected chi connectivity index (χ1v) is 5.39. The van der Waals surface area contributed by atoms with Crippen molar-refractivity contribution < 1.29 is 9.47 Å². The Hall–Kier alpha value is -0.600. The quantitative estimate of drug-likeness (QED) is 0.419. The van der Waals surface area contributed by atoms with E-state index < -0.39 is 0 Å². The van der Waals surface area contributed by atoms with E-state index in [1.165, 1.54) is 0 Å². The average molecular weight is 198 g/mol. The molecule has 0 aliphatic heterocycles. The second kappa shape index (κ2) is 12.4. The Kier molecular flexibility index (Phi) is 11.9. The summed E-state index contributed by atoms with van der Waals surface area (Å²) in [6, 6.07) is 0. The highest BCUT2D eigenvalue weighted by Crippen LogP contribution is 1.85. The van der Waals surface area contributed by atoms with Crippen molar-refractivity contribution in [1.29, 1.82) is 0 Å². The van der Waals surface area contributed by atoms with Crippen LogP contribution in [0.5, 0.6) is 0 Å². The first kappa shape index (κ1) is 13.4. The molecule has 0 atom stereocenters. The Morgan fingerprint density at radius 3 is 1.57 bits per heavy atom. The van der Waals surface area contributed by atoms with Crippen molar-refractivity contribution in [3.8, 4) is 0 Å². The second-order valence-electron chi connectivity index (χ2n) is 3.01. The van der Waals surface area contributed by atoms with E-state index in [-0.39, 0.29) is 0 Å². The van der Waals surface area contributed by atoms with Gasteiger partial charge in [-0.3, -0.25) is 0 Å². The van der Waals surface area contributed by atoms with Gasteiger partial charge in [-0.25, -0.2) is 0 Å². The van der Waals surface area contributed by atoms with E-state index in [1.807, 2.05) is 24.3 Å². The minimum atomic E-state index is 0.702. The number of hydrogen-bond donors (Lipinski definition) is 0. The summed E-state index contributed by atoms with van der Waals surface area (Å²) in [5.74, 6) is 0. The van der Waals surface area contributed by atoms with Crippen LogP contribution in [0.15, 0.2) is 24.3 Å².